The first kappa shape index (κ1) is 18.3. The van der Waals surface area contributed by atoms with Crippen molar-refractivity contribution in [3.63, 3.8) is 0 Å². The van der Waals surface area contributed by atoms with E-state index >= 15 is 0 Å². The van der Waals surface area contributed by atoms with Gasteiger partial charge in [0.1, 0.15) is 6.17 Å². The van der Waals surface area contributed by atoms with E-state index in [0.29, 0.717) is 5.69 Å². The maximum Gasteiger partial charge on any atom is 0.269 e. The number of halogens is 3. The third-order valence-corrected chi connectivity index (χ3v) is 3.68. The Morgan fingerprint density at radius 1 is 1.04 bits per heavy atom. The van der Waals surface area contributed by atoms with Crippen LogP contribution in [-0.4, -0.2) is 20.8 Å². The molecule has 0 fully saturated rings. The molecule has 1 atom stereocenters. The highest BCUT2D eigenvalue weighted by molar-refractivity contribution is 6.68. The second kappa shape index (κ2) is 7.70. The Morgan fingerprint density at radius 2 is 1.62 bits per heavy atom. The van der Waals surface area contributed by atoms with Gasteiger partial charge in [0.25, 0.3) is 11.6 Å². The Morgan fingerprint density at radius 3 is 2.12 bits per heavy atom. The molecule has 2 rings (SSSR count). The van der Waals surface area contributed by atoms with Crippen LogP contribution in [0.25, 0.3) is 0 Å². The summed E-state index contributed by atoms with van der Waals surface area (Å²) in [4.78, 5) is 22.4. The molecule has 1 amide bonds. The number of benzene rings is 2. The van der Waals surface area contributed by atoms with Crippen molar-refractivity contribution in [3.8, 4) is 0 Å². The van der Waals surface area contributed by atoms with Gasteiger partial charge >= 0.3 is 0 Å². The molecule has 2 aromatic rings. The summed E-state index contributed by atoms with van der Waals surface area (Å²) < 4.78 is -1.81. The van der Waals surface area contributed by atoms with Crippen LogP contribution in [0.4, 0.5) is 11.4 Å². The van der Waals surface area contributed by atoms with Crippen LogP contribution in [0.3, 0.4) is 0 Å². The second-order valence-electron chi connectivity index (χ2n) is 4.76. The van der Waals surface area contributed by atoms with Crippen molar-refractivity contribution in [1.29, 1.82) is 0 Å². The van der Waals surface area contributed by atoms with Crippen LogP contribution in [-0.2, 0) is 0 Å². The molecule has 24 heavy (non-hydrogen) atoms. The zero-order valence-electron chi connectivity index (χ0n) is 12.1. The first-order chi connectivity index (χ1) is 11.3. The van der Waals surface area contributed by atoms with E-state index in [1.165, 1.54) is 24.3 Å². The largest absolute Gasteiger partial charge is 0.362 e. The summed E-state index contributed by atoms with van der Waals surface area (Å²) in [7, 11) is 0. The molecule has 0 aliphatic carbocycles. The number of carbonyl (C=O) groups excluding carboxylic acids is 1. The Bertz CT molecular complexity index is 718. The van der Waals surface area contributed by atoms with Crippen LogP contribution in [0, 0.1) is 10.1 Å². The lowest BCUT2D eigenvalue weighted by molar-refractivity contribution is -0.384. The van der Waals surface area contributed by atoms with Crippen LogP contribution >= 0.6 is 34.8 Å². The summed E-state index contributed by atoms with van der Waals surface area (Å²) >= 11 is 17.7. The molecule has 0 saturated heterocycles. The number of nitrogens with zero attached hydrogens (tertiary/aromatic N) is 1. The van der Waals surface area contributed by atoms with E-state index in [9.17, 15) is 14.9 Å². The molecule has 0 aromatic heterocycles. The number of nitro benzene ring substituents is 1. The fourth-order valence-corrected chi connectivity index (χ4v) is 2.18. The highest BCUT2D eigenvalue weighted by atomic mass is 35.6. The third-order valence-electron chi connectivity index (χ3n) is 3.03. The highest BCUT2D eigenvalue weighted by Gasteiger charge is 2.34. The van der Waals surface area contributed by atoms with E-state index in [1.807, 2.05) is 6.07 Å². The summed E-state index contributed by atoms with van der Waals surface area (Å²) in [5, 5.41) is 16.1. The minimum absolute atomic E-state index is 0.119. The molecule has 126 valence electrons. The van der Waals surface area contributed by atoms with Gasteiger partial charge in [0, 0.05) is 23.4 Å². The zero-order chi connectivity index (χ0) is 17.7. The fraction of sp³-hybridized carbons (Fsp3) is 0.133. The average Bonchev–Trinajstić information content (AvgIpc) is 2.54. The number of rotatable bonds is 5. The number of anilines is 1. The summed E-state index contributed by atoms with van der Waals surface area (Å²) in [6.07, 6.45) is -1.01. The van der Waals surface area contributed by atoms with E-state index in [-0.39, 0.29) is 11.3 Å². The Kier molecular flexibility index (Phi) is 5.88. The van der Waals surface area contributed by atoms with Gasteiger partial charge in [-0.2, -0.15) is 0 Å². The minimum Gasteiger partial charge on any atom is -0.362 e. The zero-order valence-corrected chi connectivity index (χ0v) is 14.3. The van der Waals surface area contributed by atoms with Crippen molar-refractivity contribution >= 4 is 52.1 Å². The molecule has 2 aromatic carbocycles. The van der Waals surface area contributed by atoms with Crippen LogP contribution in [0.5, 0.6) is 0 Å². The number of carbonyl (C=O) groups is 1. The van der Waals surface area contributed by atoms with E-state index in [1.54, 1.807) is 24.3 Å². The molecular formula is C15H12Cl3N3O3. The molecule has 9 heteroatoms. The number of hydrogen-bond acceptors (Lipinski definition) is 4. The van der Waals surface area contributed by atoms with Gasteiger partial charge in [-0.25, -0.2) is 0 Å². The van der Waals surface area contributed by atoms with Crippen LogP contribution < -0.4 is 10.6 Å². The van der Waals surface area contributed by atoms with Gasteiger partial charge in [-0.15, -0.1) is 0 Å². The van der Waals surface area contributed by atoms with Gasteiger partial charge in [-0.05, 0) is 24.3 Å². The van der Waals surface area contributed by atoms with E-state index < -0.39 is 20.8 Å². The first-order valence-corrected chi connectivity index (χ1v) is 7.84. The van der Waals surface area contributed by atoms with Crippen LogP contribution in [0.1, 0.15) is 10.4 Å². The molecule has 0 aliphatic rings. The number of nitro groups is 1. The molecular weight excluding hydrogens is 377 g/mol. The third kappa shape index (κ3) is 4.99. The lowest BCUT2D eigenvalue weighted by Crippen LogP contribution is -2.49. The Labute approximate surface area is 152 Å². The standard InChI is InChI=1S/C15H12Cl3N3O3/c16-15(17,18)14(19-11-4-2-1-3-5-11)20-13(22)10-6-8-12(9-7-10)21(23)24/h1-9,14,19H,(H,20,22)/t14-/m0/s1. The molecule has 0 saturated carbocycles. The topological polar surface area (TPSA) is 84.3 Å². The van der Waals surface area contributed by atoms with Gasteiger partial charge < -0.3 is 10.6 Å². The van der Waals surface area contributed by atoms with Gasteiger partial charge in [-0.3, -0.25) is 14.9 Å². The maximum absolute atomic E-state index is 12.3. The van der Waals surface area contributed by atoms with E-state index in [2.05, 4.69) is 10.6 Å². The van der Waals surface area contributed by atoms with Gasteiger partial charge in [0.15, 0.2) is 0 Å². The van der Waals surface area contributed by atoms with Crippen molar-refractivity contribution < 1.29 is 9.72 Å². The Hall–Kier alpha value is -2.02. The van der Waals surface area contributed by atoms with Gasteiger partial charge in [-0.1, -0.05) is 53.0 Å². The molecule has 0 radical (unpaired) electrons. The lowest BCUT2D eigenvalue weighted by atomic mass is 10.2. The highest BCUT2D eigenvalue weighted by Crippen LogP contribution is 2.31. The summed E-state index contributed by atoms with van der Waals surface area (Å²) in [6.45, 7) is 0. The summed E-state index contributed by atoms with van der Waals surface area (Å²) in [5.74, 6) is -0.537. The number of amides is 1. The molecule has 0 aliphatic heterocycles. The molecule has 6 nitrogen and oxygen atoms in total. The molecule has 2 N–H and O–H groups in total. The van der Waals surface area contributed by atoms with Crippen molar-refractivity contribution in [2.24, 2.45) is 0 Å². The fourth-order valence-electron chi connectivity index (χ4n) is 1.85. The maximum atomic E-state index is 12.3. The minimum atomic E-state index is -1.81. The smallest absolute Gasteiger partial charge is 0.269 e. The first-order valence-electron chi connectivity index (χ1n) is 6.71. The van der Waals surface area contributed by atoms with Crippen molar-refractivity contribution in [1.82, 2.24) is 5.32 Å². The van der Waals surface area contributed by atoms with Crippen LogP contribution in [0.15, 0.2) is 54.6 Å². The van der Waals surface area contributed by atoms with Gasteiger partial charge in [0.05, 0.1) is 4.92 Å². The van der Waals surface area contributed by atoms with Crippen molar-refractivity contribution in [2.75, 3.05) is 5.32 Å². The number of alkyl halides is 3. The number of non-ortho nitro benzene ring substituents is 1. The summed E-state index contributed by atoms with van der Waals surface area (Å²) in [6, 6.07) is 14.0. The average molecular weight is 389 g/mol. The Balaban J connectivity index is 2.14. The number of para-hydroxylation sites is 1. The van der Waals surface area contributed by atoms with E-state index in [0.717, 1.165) is 0 Å². The number of nitrogens with one attached hydrogen (secondary N) is 2. The molecule has 0 heterocycles. The predicted octanol–water partition coefficient (Wildman–Crippen LogP) is 4.13. The van der Waals surface area contributed by atoms with Crippen LogP contribution in [0.2, 0.25) is 0 Å². The van der Waals surface area contributed by atoms with Crippen molar-refractivity contribution in [3.05, 3.63) is 70.3 Å². The monoisotopic (exact) mass is 387 g/mol. The van der Waals surface area contributed by atoms with Gasteiger partial charge in [0.2, 0.25) is 3.79 Å². The normalized spacial score (nSPS) is 12.3. The molecule has 0 spiro atoms. The lowest BCUT2D eigenvalue weighted by Gasteiger charge is -2.27. The summed E-state index contributed by atoms with van der Waals surface area (Å²) in [5.41, 5.74) is 0.736. The molecule has 0 bridgehead atoms. The number of hydrogen-bond donors (Lipinski definition) is 2. The predicted molar refractivity (Wildman–Crippen MR) is 94.7 cm³/mol. The second-order valence-corrected chi connectivity index (χ2v) is 7.13. The quantitative estimate of drug-likeness (QED) is 0.349. The molecule has 0 unspecified atom stereocenters. The van der Waals surface area contributed by atoms with E-state index in [4.69, 9.17) is 34.8 Å². The van der Waals surface area contributed by atoms with Crippen molar-refractivity contribution in [2.45, 2.75) is 9.96 Å². The SMILES string of the molecule is O=C(N[C@H](Nc1ccccc1)C(Cl)(Cl)Cl)c1ccc([N+](=O)[O-])cc1.